The Labute approximate surface area is 359 Å². The van der Waals surface area contributed by atoms with Gasteiger partial charge in [0.2, 0.25) is 53.2 Å². The maximum Gasteiger partial charge on any atom is 0.327 e. The SMILES string of the molecule is CSCC[C@H](N)C(=O)N[C@H](C(=O)N[C@@H](CS)C(=O)N[C@@H](CS)C(=O)NCC(=O)N[C@@H](CS)C(=O)N[C@@H](CO)C(=O)NCC(=O)NCC(=O)N[C@@H](CS)C(=O)O)[C@@H](C)O. The van der Waals surface area contributed by atoms with Crippen molar-refractivity contribution in [2.24, 2.45) is 5.73 Å². The van der Waals surface area contributed by atoms with Crippen molar-refractivity contribution in [2.75, 3.05) is 61.3 Å². The number of carbonyl (C=O) groups excluding carboxylic acids is 9. The predicted molar refractivity (Wildman–Crippen MR) is 223 cm³/mol. The summed E-state index contributed by atoms with van der Waals surface area (Å²) in [6.45, 7) is -1.74. The van der Waals surface area contributed by atoms with Crippen LogP contribution in [-0.2, 0) is 47.9 Å². The monoisotopic (exact) mass is 920 g/mol. The Hall–Kier alpha value is -3.67. The summed E-state index contributed by atoms with van der Waals surface area (Å²) in [6.07, 6.45) is 0.751. The molecule has 0 fully saturated rings. The molecule has 58 heavy (non-hydrogen) atoms. The summed E-state index contributed by atoms with van der Waals surface area (Å²) in [6, 6.07) is -9.43. The predicted octanol–water partition coefficient (Wildman–Crippen LogP) is -7.50. The molecule has 9 amide bonds. The van der Waals surface area contributed by atoms with Crippen LogP contribution in [0.25, 0.3) is 0 Å². The van der Waals surface area contributed by atoms with Crippen LogP contribution in [0.2, 0.25) is 0 Å². The quantitative estimate of drug-likeness (QED) is 0.0324. The molecule has 0 spiro atoms. The molecule has 8 atom stereocenters. The zero-order chi connectivity index (χ0) is 44.5. The molecular formula is C30H52N10O13S5. The number of thiol groups is 4. The zero-order valence-electron chi connectivity index (χ0n) is 31.4. The van der Waals surface area contributed by atoms with Gasteiger partial charge >= 0.3 is 5.97 Å². The molecule has 0 aliphatic heterocycles. The molecule has 0 bridgehead atoms. The van der Waals surface area contributed by atoms with Gasteiger partial charge in [0.05, 0.1) is 38.4 Å². The van der Waals surface area contributed by atoms with Gasteiger partial charge in [0, 0.05) is 23.0 Å². The van der Waals surface area contributed by atoms with E-state index in [9.17, 15) is 58.2 Å². The summed E-state index contributed by atoms with van der Waals surface area (Å²) in [5.74, 6) is -9.89. The van der Waals surface area contributed by atoms with E-state index in [-0.39, 0.29) is 23.0 Å². The Kier molecular flexibility index (Phi) is 27.7. The van der Waals surface area contributed by atoms with Crippen LogP contribution in [0.4, 0.5) is 0 Å². The number of rotatable bonds is 28. The van der Waals surface area contributed by atoms with Crippen LogP contribution in [0.5, 0.6) is 0 Å². The van der Waals surface area contributed by atoms with Crippen molar-refractivity contribution in [1.29, 1.82) is 0 Å². The molecule has 0 saturated carbocycles. The Morgan fingerprint density at radius 1 is 0.569 bits per heavy atom. The smallest absolute Gasteiger partial charge is 0.327 e. The van der Waals surface area contributed by atoms with Crippen molar-refractivity contribution in [3.8, 4) is 0 Å². The first-order valence-electron chi connectivity index (χ1n) is 17.1. The molecule has 0 rings (SSSR count). The summed E-state index contributed by atoms with van der Waals surface area (Å²) in [7, 11) is 0. The van der Waals surface area contributed by atoms with E-state index in [0.717, 1.165) is 0 Å². The molecule has 0 aliphatic rings. The topological polar surface area (TPSA) is 366 Å². The number of aliphatic hydroxyl groups excluding tert-OH is 2. The zero-order valence-corrected chi connectivity index (χ0v) is 35.8. The minimum Gasteiger partial charge on any atom is -0.480 e. The number of carboxylic acid groups (broad SMARTS) is 1. The third-order valence-corrected chi connectivity index (χ3v) is 9.53. The first-order chi connectivity index (χ1) is 27.3. The lowest BCUT2D eigenvalue weighted by Crippen LogP contribution is -2.61. The standard InChI is InChI=1S/C30H52N10O13S5/c1-13(42)23(40-24(46)14(31)3-4-58-2)29(51)39-18(11-56)28(50)38-16(9-54)26(48)34-7-22(45)35-17(10-55)27(49)37-15(8-41)25(47)33-5-20(43)32-6-21(44)36-19(12-57)30(52)53/h13-19,23,41-42,54-57H,3-12,31H2,1-2H3,(H,32,43)(H,33,47)(H,34,48)(H,35,45)(H,36,44)(H,37,49)(H,38,50)(H,39,51)(H,40,46)(H,52,53)/t13-,14+,15+,16+,17+,18+,19+,23+/m1/s1. The number of thioether (sulfide) groups is 1. The molecule has 0 aromatic rings. The highest BCUT2D eigenvalue weighted by molar-refractivity contribution is 7.98. The molecule has 0 saturated heterocycles. The summed E-state index contributed by atoms with van der Waals surface area (Å²) in [5.41, 5.74) is 5.83. The van der Waals surface area contributed by atoms with Crippen LogP contribution < -0.4 is 53.6 Å². The average Bonchev–Trinajstić information content (AvgIpc) is 3.19. The van der Waals surface area contributed by atoms with Gasteiger partial charge in [0.25, 0.3) is 0 Å². The summed E-state index contributed by atoms with van der Waals surface area (Å²) in [4.78, 5) is 124. The van der Waals surface area contributed by atoms with Crippen LogP contribution >= 0.6 is 62.3 Å². The molecule has 0 unspecified atom stereocenters. The second-order valence-electron chi connectivity index (χ2n) is 12.0. The van der Waals surface area contributed by atoms with Gasteiger partial charge in [-0.15, -0.1) is 0 Å². The van der Waals surface area contributed by atoms with Crippen molar-refractivity contribution in [3.05, 3.63) is 0 Å². The molecule has 0 radical (unpaired) electrons. The molecule has 23 nitrogen and oxygen atoms in total. The molecular weight excluding hydrogens is 869 g/mol. The van der Waals surface area contributed by atoms with E-state index >= 15 is 0 Å². The summed E-state index contributed by atoms with van der Waals surface area (Å²) < 4.78 is 0. The van der Waals surface area contributed by atoms with E-state index in [0.29, 0.717) is 12.2 Å². The van der Waals surface area contributed by atoms with E-state index in [1.54, 1.807) is 0 Å². The normalized spacial score (nSPS) is 14.9. The molecule has 0 aromatic carbocycles. The van der Waals surface area contributed by atoms with Gasteiger partial charge in [0.1, 0.15) is 36.3 Å². The lowest BCUT2D eigenvalue weighted by molar-refractivity contribution is -0.141. The molecule has 0 heterocycles. The van der Waals surface area contributed by atoms with Crippen LogP contribution in [0.15, 0.2) is 0 Å². The highest BCUT2D eigenvalue weighted by Crippen LogP contribution is 2.03. The van der Waals surface area contributed by atoms with Crippen molar-refractivity contribution in [2.45, 2.75) is 61.7 Å². The first-order valence-corrected chi connectivity index (χ1v) is 21.0. The van der Waals surface area contributed by atoms with Crippen molar-refractivity contribution >= 4 is 121 Å². The number of aliphatic carboxylic acids is 1. The molecule has 0 aliphatic carbocycles. The lowest BCUT2D eigenvalue weighted by atomic mass is 10.1. The Bertz CT molecular complexity index is 1450. The summed E-state index contributed by atoms with van der Waals surface area (Å²) in [5, 5.41) is 48.8. The fourth-order valence-electron chi connectivity index (χ4n) is 4.12. The molecule has 330 valence electrons. The van der Waals surface area contributed by atoms with Gasteiger partial charge in [-0.05, 0) is 25.4 Å². The van der Waals surface area contributed by atoms with Gasteiger partial charge in [-0.25, -0.2) is 4.79 Å². The number of hydrogen-bond acceptors (Lipinski definition) is 18. The Morgan fingerprint density at radius 2 is 0.983 bits per heavy atom. The maximum absolute atomic E-state index is 13.0. The van der Waals surface area contributed by atoms with Crippen molar-refractivity contribution in [3.63, 3.8) is 0 Å². The largest absolute Gasteiger partial charge is 0.480 e. The maximum atomic E-state index is 13.0. The van der Waals surface area contributed by atoms with Crippen molar-refractivity contribution < 1.29 is 63.3 Å². The van der Waals surface area contributed by atoms with E-state index in [2.05, 4.69) is 98.4 Å². The van der Waals surface area contributed by atoms with Gasteiger partial charge in [0.15, 0.2) is 0 Å². The number of carbonyl (C=O) groups is 10. The average molecular weight is 921 g/mol. The van der Waals surface area contributed by atoms with E-state index < -0.39 is 134 Å². The number of nitrogens with one attached hydrogen (secondary N) is 9. The third kappa shape index (κ3) is 20.8. The fraction of sp³-hybridized carbons (Fsp3) is 0.667. The van der Waals surface area contributed by atoms with Crippen LogP contribution in [-0.4, -0.2) is 184 Å². The van der Waals surface area contributed by atoms with Crippen LogP contribution in [0.3, 0.4) is 0 Å². The second kappa shape index (κ2) is 29.5. The minimum absolute atomic E-state index is 0.205. The van der Waals surface area contributed by atoms with Gasteiger partial charge in [-0.2, -0.15) is 62.3 Å². The number of nitrogens with two attached hydrogens (primary N) is 1. The first kappa shape index (κ1) is 54.3. The lowest BCUT2D eigenvalue weighted by Gasteiger charge is -2.26. The highest BCUT2D eigenvalue weighted by Gasteiger charge is 2.32. The third-order valence-electron chi connectivity index (χ3n) is 7.42. The summed E-state index contributed by atoms with van der Waals surface area (Å²) >= 11 is 17.4. The van der Waals surface area contributed by atoms with Crippen molar-refractivity contribution in [1.82, 2.24) is 47.9 Å². The number of hydrogen-bond donors (Lipinski definition) is 17. The molecule has 0 aromatic heterocycles. The molecule has 14 N–H and O–H groups in total. The van der Waals surface area contributed by atoms with Gasteiger partial charge < -0.3 is 68.9 Å². The molecule has 28 heteroatoms. The van der Waals surface area contributed by atoms with Gasteiger partial charge in [-0.3, -0.25) is 43.2 Å². The number of amides is 9. The van der Waals surface area contributed by atoms with E-state index in [1.165, 1.54) is 18.7 Å². The number of aliphatic hydroxyl groups is 2. The minimum atomic E-state index is -1.61. The Balaban J connectivity index is 5.12. The fourth-order valence-corrected chi connectivity index (χ4v) is 5.63. The van der Waals surface area contributed by atoms with E-state index in [4.69, 9.17) is 10.8 Å². The van der Waals surface area contributed by atoms with Crippen LogP contribution in [0, 0.1) is 0 Å². The van der Waals surface area contributed by atoms with Gasteiger partial charge in [-0.1, -0.05) is 0 Å². The van der Waals surface area contributed by atoms with Crippen LogP contribution in [0.1, 0.15) is 13.3 Å². The Morgan fingerprint density at radius 3 is 1.45 bits per heavy atom. The number of carboxylic acids is 1. The van der Waals surface area contributed by atoms with E-state index in [1.807, 2.05) is 6.26 Å². The second-order valence-corrected chi connectivity index (χ2v) is 14.4. The highest BCUT2D eigenvalue weighted by atomic mass is 32.2.